The average Bonchev–Trinajstić information content (AvgIpc) is 3.27. The van der Waals surface area contributed by atoms with Crippen LogP contribution in [-0.4, -0.2) is 30.9 Å². The van der Waals surface area contributed by atoms with E-state index in [1.165, 1.54) is 42.3 Å². The first-order chi connectivity index (χ1) is 19.5. The number of amides is 2. The Kier molecular flexibility index (Phi) is 5.42. The van der Waals surface area contributed by atoms with Crippen molar-refractivity contribution in [3.63, 3.8) is 0 Å². The van der Waals surface area contributed by atoms with Gasteiger partial charge in [-0.15, -0.1) is 0 Å². The van der Waals surface area contributed by atoms with Crippen molar-refractivity contribution >= 4 is 29.4 Å². The lowest BCUT2D eigenvalue weighted by Crippen LogP contribution is -2.41. The number of nitrogens with zero attached hydrogens (tertiary/aromatic N) is 1. The van der Waals surface area contributed by atoms with Crippen LogP contribution in [0.15, 0.2) is 97.1 Å². The molecule has 1 fully saturated rings. The van der Waals surface area contributed by atoms with Gasteiger partial charge in [0.2, 0.25) is 11.8 Å². The number of anilines is 1. The largest absolute Gasteiger partial charge is 0.465 e. The molecule has 4 aliphatic rings. The summed E-state index contributed by atoms with van der Waals surface area (Å²) in [4.78, 5) is 53.9. The molecule has 1 heterocycles. The van der Waals surface area contributed by atoms with Gasteiger partial charge in [0.05, 0.1) is 35.8 Å². The summed E-state index contributed by atoms with van der Waals surface area (Å²) >= 11 is 0. The second kappa shape index (κ2) is 9.02. The van der Waals surface area contributed by atoms with E-state index >= 15 is 0 Å². The van der Waals surface area contributed by atoms with Crippen molar-refractivity contribution in [2.75, 3.05) is 12.0 Å². The SMILES string of the molecule is COC(=O)c1ccc(OC(=O)c2cccc(N3C(=O)[C@H]4C5c6ccccc6C(c6ccccc65)[C@@H]4C3=O)c2)cc1. The summed E-state index contributed by atoms with van der Waals surface area (Å²) < 4.78 is 10.2. The van der Waals surface area contributed by atoms with E-state index in [2.05, 4.69) is 29.0 Å². The maximum Gasteiger partial charge on any atom is 0.343 e. The highest BCUT2D eigenvalue weighted by Gasteiger charge is 2.61. The highest BCUT2D eigenvalue weighted by atomic mass is 16.5. The summed E-state index contributed by atoms with van der Waals surface area (Å²) in [7, 11) is 1.29. The minimum Gasteiger partial charge on any atom is -0.465 e. The minimum atomic E-state index is -0.649. The van der Waals surface area contributed by atoms with E-state index < -0.39 is 23.8 Å². The van der Waals surface area contributed by atoms with Gasteiger partial charge >= 0.3 is 11.9 Å². The Morgan fingerprint density at radius 3 is 1.65 bits per heavy atom. The van der Waals surface area contributed by atoms with Gasteiger partial charge in [0.1, 0.15) is 5.75 Å². The first kappa shape index (κ1) is 24.0. The number of carbonyl (C=O) groups is 4. The summed E-state index contributed by atoms with van der Waals surface area (Å²) in [6.45, 7) is 0. The smallest absolute Gasteiger partial charge is 0.343 e. The van der Waals surface area contributed by atoms with E-state index in [9.17, 15) is 19.2 Å². The second-order valence-electron chi connectivity index (χ2n) is 10.2. The lowest BCUT2D eigenvalue weighted by molar-refractivity contribution is -0.122. The number of carbonyl (C=O) groups excluding carboxylic acids is 4. The summed E-state index contributed by atoms with van der Waals surface area (Å²) in [5.74, 6) is -2.83. The number of hydrogen-bond donors (Lipinski definition) is 0. The second-order valence-corrected chi connectivity index (χ2v) is 10.2. The molecule has 3 aliphatic carbocycles. The molecule has 40 heavy (non-hydrogen) atoms. The number of rotatable bonds is 4. The molecule has 7 heteroatoms. The predicted octanol–water partition coefficient (Wildman–Crippen LogP) is 5.09. The maximum atomic E-state index is 14.0. The van der Waals surface area contributed by atoms with Gasteiger partial charge in [-0.25, -0.2) is 14.5 Å². The van der Waals surface area contributed by atoms with Crippen LogP contribution >= 0.6 is 0 Å². The number of benzene rings is 4. The Hall–Kier alpha value is -5.04. The topological polar surface area (TPSA) is 90.0 Å². The third-order valence-electron chi connectivity index (χ3n) is 8.27. The lowest BCUT2D eigenvalue weighted by atomic mass is 9.55. The Balaban J connectivity index is 1.20. The Labute approximate surface area is 230 Å². The molecule has 1 aliphatic heterocycles. The van der Waals surface area contributed by atoms with Gasteiger partial charge in [-0.05, 0) is 64.7 Å². The Bertz CT molecular complexity index is 1610. The molecule has 8 rings (SSSR count). The van der Waals surface area contributed by atoms with Crippen molar-refractivity contribution < 1.29 is 28.7 Å². The lowest BCUT2D eigenvalue weighted by Gasteiger charge is -2.45. The predicted molar refractivity (Wildman–Crippen MR) is 145 cm³/mol. The monoisotopic (exact) mass is 529 g/mol. The first-order valence-corrected chi connectivity index (χ1v) is 13.0. The van der Waals surface area contributed by atoms with Gasteiger partial charge in [0.25, 0.3) is 0 Å². The van der Waals surface area contributed by atoms with E-state index in [0.29, 0.717) is 11.3 Å². The number of hydrogen-bond acceptors (Lipinski definition) is 6. The quantitative estimate of drug-likeness (QED) is 0.208. The Morgan fingerprint density at radius 2 is 1.15 bits per heavy atom. The molecule has 0 saturated carbocycles. The molecule has 0 aromatic heterocycles. The van der Waals surface area contributed by atoms with Crippen LogP contribution < -0.4 is 9.64 Å². The number of methoxy groups -OCH3 is 1. The van der Waals surface area contributed by atoms with E-state index in [1.807, 2.05) is 24.3 Å². The van der Waals surface area contributed by atoms with Crippen LogP contribution in [0.2, 0.25) is 0 Å². The summed E-state index contributed by atoms with van der Waals surface area (Å²) in [5, 5.41) is 0. The fourth-order valence-electron chi connectivity index (χ4n) is 6.65. The molecular formula is C33H23NO6. The third kappa shape index (κ3) is 3.44. The molecule has 2 atom stereocenters. The standard InChI is InChI=1S/C33H23NO6/c1-39-32(37)18-13-15-21(16-14-18)40-33(38)19-7-6-8-20(17-19)34-30(35)28-26-22-9-2-3-10-23(22)27(29(28)31(34)36)25-12-5-4-11-24(25)26/h2-17,26-29H,1H3/t26?,27?,28-,29-/m0/s1. The van der Waals surface area contributed by atoms with Crippen LogP contribution in [-0.2, 0) is 14.3 Å². The molecule has 2 amide bonds. The fraction of sp³-hybridized carbons (Fsp3) is 0.152. The van der Waals surface area contributed by atoms with Gasteiger partial charge in [-0.2, -0.15) is 0 Å². The molecular weight excluding hydrogens is 506 g/mol. The number of ether oxygens (including phenoxy) is 2. The summed E-state index contributed by atoms with van der Waals surface area (Å²) in [6.07, 6.45) is 0. The molecule has 0 radical (unpaired) electrons. The van der Waals surface area contributed by atoms with Crippen molar-refractivity contribution in [2.24, 2.45) is 11.8 Å². The summed E-state index contributed by atoms with van der Waals surface area (Å²) in [6, 6.07) is 28.5. The summed E-state index contributed by atoms with van der Waals surface area (Å²) in [5.41, 5.74) is 5.27. The molecule has 0 N–H and O–H groups in total. The van der Waals surface area contributed by atoms with Crippen molar-refractivity contribution in [1.29, 1.82) is 0 Å². The molecule has 4 aromatic carbocycles. The van der Waals surface area contributed by atoms with Crippen LogP contribution in [0, 0.1) is 11.8 Å². The van der Waals surface area contributed by atoms with Crippen molar-refractivity contribution in [2.45, 2.75) is 11.8 Å². The molecule has 4 aromatic rings. The highest BCUT2D eigenvalue weighted by Crippen LogP contribution is 2.61. The maximum absolute atomic E-state index is 14.0. The van der Waals surface area contributed by atoms with Gasteiger partial charge in [0.15, 0.2) is 0 Å². The molecule has 196 valence electrons. The number of imide groups is 1. The van der Waals surface area contributed by atoms with E-state index in [1.54, 1.807) is 18.2 Å². The highest BCUT2D eigenvalue weighted by molar-refractivity contribution is 6.23. The van der Waals surface area contributed by atoms with E-state index in [0.717, 1.165) is 22.3 Å². The Morgan fingerprint density at radius 1 is 0.625 bits per heavy atom. The van der Waals surface area contributed by atoms with E-state index in [4.69, 9.17) is 4.74 Å². The van der Waals surface area contributed by atoms with Crippen molar-refractivity contribution in [3.05, 3.63) is 130 Å². The molecule has 0 spiro atoms. The fourth-order valence-corrected chi connectivity index (χ4v) is 6.65. The van der Waals surface area contributed by atoms with Crippen LogP contribution in [0.1, 0.15) is 54.8 Å². The third-order valence-corrected chi connectivity index (χ3v) is 8.27. The average molecular weight is 530 g/mol. The van der Waals surface area contributed by atoms with Crippen LogP contribution in [0.25, 0.3) is 0 Å². The van der Waals surface area contributed by atoms with E-state index in [-0.39, 0.29) is 35.0 Å². The van der Waals surface area contributed by atoms with Crippen molar-refractivity contribution in [1.82, 2.24) is 0 Å². The van der Waals surface area contributed by atoms with Gasteiger partial charge in [-0.1, -0.05) is 54.6 Å². The zero-order chi connectivity index (χ0) is 27.5. The van der Waals surface area contributed by atoms with Gasteiger partial charge < -0.3 is 9.47 Å². The minimum absolute atomic E-state index is 0.194. The van der Waals surface area contributed by atoms with Crippen LogP contribution in [0.4, 0.5) is 5.69 Å². The van der Waals surface area contributed by atoms with Crippen LogP contribution in [0.3, 0.4) is 0 Å². The zero-order valence-electron chi connectivity index (χ0n) is 21.4. The molecule has 0 unspecified atom stereocenters. The molecule has 1 saturated heterocycles. The van der Waals surface area contributed by atoms with Gasteiger partial charge in [0, 0.05) is 11.8 Å². The van der Waals surface area contributed by atoms with Crippen molar-refractivity contribution in [3.8, 4) is 5.75 Å². The van der Waals surface area contributed by atoms with Gasteiger partial charge in [-0.3, -0.25) is 9.59 Å². The number of esters is 2. The molecule has 2 bridgehead atoms. The normalized spacial score (nSPS) is 21.9. The van der Waals surface area contributed by atoms with Crippen LogP contribution in [0.5, 0.6) is 5.75 Å². The zero-order valence-corrected chi connectivity index (χ0v) is 21.4. The molecule has 7 nitrogen and oxygen atoms in total. The first-order valence-electron chi connectivity index (χ1n) is 13.0.